The Hall–Kier alpha value is -2.56. The normalized spacial score (nSPS) is 9.95. The number of carbonyl (C=O) groups is 1. The first kappa shape index (κ1) is 12.9. The Morgan fingerprint density at radius 3 is 2.53 bits per heavy atom. The lowest BCUT2D eigenvalue weighted by molar-refractivity contribution is 0.0687. The highest BCUT2D eigenvalue weighted by atomic mass is 16.5. The maximum atomic E-state index is 11.0. The van der Waals surface area contributed by atoms with Crippen LogP contribution in [0, 0.1) is 0 Å². The fraction of sp³-hybridized carbons (Fsp3) is 0.143. The summed E-state index contributed by atoms with van der Waals surface area (Å²) >= 11 is 0. The first-order chi connectivity index (χ1) is 9.20. The number of benzene rings is 1. The second kappa shape index (κ2) is 5.86. The third kappa shape index (κ3) is 3.22. The number of hydrogen-bond acceptors (Lipinski definition) is 4. The van der Waals surface area contributed by atoms with Gasteiger partial charge in [0.15, 0.2) is 11.4 Å². The smallest absolute Gasteiger partial charge is 0.358 e. The predicted octanol–water partition coefficient (Wildman–Crippen LogP) is 2.97. The molecule has 2 rings (SSSR count). The summed E-state index contributed by atoms with van der Waals surface area (Å²) in [6.07, 6.45) is 1.41. The Labute approximate surface area is 110 Å². The van der Waals surface area contributed by atoms with Gasteiger partial charge in [-0.2, -0.15) is 0 Å². The maximum absolute atomic E-state index is 11.0. The zero-order chi connectivity index (χ0) is 13.7. The monoisotopic (exact) mass is 259 g/mol. The highest BCUT2D eigenvalue weighted by Gasteiger charge is 2.12. The molecule has 0 atom stereocenters. The summed E-state index contributed by atoms with van der Waals surface area (Å²) in [7, 11) is 0. The Morgan fingerprint density at radius 2 is 1.89 bits per heavy atom. The van der Waals surface area contributed by atoms with E-state index in [4.69, 9.17) is 14.6 Å². The summed E-state index contributed by atoms with van der Waals surface area (Å²) in [5, 5.41) is 9.00. The molecular formula is C14H13NO4. The van der Waals surface area contributed by atoms with Gasteiger partial charge >= 0.3 is 5.97 Å². The van der Waals surface area contributed by atoms with Crippen LogP contribution in [0.5, 0.6) is 17.2 Å². The minimum absolute atomic E-state index is 0.114. The number of rotatable bonds is 5. The highest BCUT2D eigenvalue weighted by Crippen LogP contribution is 2.25. The molecule has 0 amide bonds. The van der Waals surface area contributed by atoms with Crippen molar-refractivity contribution >= 4 is 5.97 Å². The Balaban J connectivity index is 2.19. The van der Waals surface area contributed by atoms with Crippen LogP contribution in [0.25, 0.3) is 0 Å². The van der Waals surface area contributed by atoms with Gasteiger partial charge in [0, 0.05) is 6.20 Å². The topological polar surface area (TPSA) is 68.7 Å². The van der Waals surface area contributed by atoms with Gasteiger partial charge in [-0.1, -0.05) is 0 Å². The van der Waals surface area contributed by atoms with E-state index in [1.807, 2.05) is 6.92 Å². The molecule has 0 unspecified atom stereocenters. The van der Waals surface area contributed by atoms with Crippen LogP contribution < -0.4 is 9.47 Å². The van der Waals surface area contributed by atoms with Crippen LogP contribution in [0.4, 0.5) is 0 Å². The van der Waals surface area contributed by atoms with Crippen molar-refractivity contribution in [3.05, 3.63) is 48.3 Å². The first-order valence-electron chi connectivity index (χ1n) is 5.79. The molecule has 1 aromatic carbocycles. The second-order valence-electron chi connectivity index (χ2n) is 3.66. The van der Waals surface area contributed by atoms with E-state index < -0.39 is 5.97 Å². The van der Waals surface area contributed by atoms with E-state index in [0.717, 1.165) is 5.75 Å². The third-order valence-corrected chi connectivity index (χ3v) is 2.34. The van der Waals surface area contributed by atoms with Crippen LogP contribution >= 0.6 is 0 Å². The van der Waals surface area contributed by atoms with Gasteiger partial charge in [-0.15, -0.1) is 0 Å². The molecule has 0 aliphatic rings. The number of aromatic nitrogens is 1. The minimum atomic E-state index is -1.12. The third-order valence-electron chi connectivity index (χ3n) is 2.34. The summed E-state index contributed by atoms with van der Waals surface area (Å²) in [6.45, 7) is 2.49. The van der Waals surface area contributed by atoms with Crippen molar-refractivity contribution in [2.24, 2.45) is 0 Å². The number of pyridine rings is 1. The minimum Gasteiger partial charge on any atom is -0.494 e. The van der Waals surface area contributed by atoms with Crippen LogP contribution in [0.2, 0.25) is 0 Å². The van der Waals surface area contributed by atoms with Gasteiger partial charge in [-0.05, 0) is 43.3 Å². The largest absolute Gasteiger partial charge is 0.494 e. The summed E-state index contributed by atoms with van der Waals surface area (Å²) in [5.74, 6) is 0.346. The summed E-state index contributed by atoms with van der Waals surface area (Å²) in [6, 6.07) is 10.1. The lowest BCUT2D eigenvalue weighted by Gasteiger charge is -2.08. The van der Waals surface area contributed by atoms with Gasteiger partial charge in [0.05, 0.1) is 6.61 Å². The molecular weight excluding hydrogens is 246 g/mol. The Kier molecular flexibility index (Phi) is 3.97. The van der Waals surface area contributed by atoms with Crippen molar-refractivity contribution < 1.29 is 19.4 Å². The highest BCUT2D eigenvalue weighted by molar-refractivity contribution is 5.88. The van der Waals surface area contributed by atoms with Crippen LogP contribution in [0.15, 0.2) is 42.6 Å². The number of hydrogen-bond donors (Lipinski definition) is 1. The number of carboxylic acid groups (broad SMARTS) is 1. The van der Waals surface area contributed by atoms with Gasteiger partial charge in [-0.3, -0.25) is 0 Å². The van der Waals surface area contributed by atoms with Crippen molar-refractivity contribution in [3.63, 3.8) is 0 Å². The van der Waals surface area contributed by atoms with Gasteiger partial charge < -0.3 is 14.6 Å². The molecule has 0 fully saturated rings. The van der Waals surface area contributed by atoms with Crippen molar-refractivity contribution in [1.82, 2.24) is 4.98 Å². The Bertz CT molecular complexity index is 566. The quantitative estimate of drug-likeness (QED) is 0.893. The summed E-state index contributed by atoms with van der Waals surface area (Å²) in [4.78, 5) is 14.8. The van der Waals surface area contributed by atoms with Crippen LogP contribution in [-0.4, -0.2) is 22.7 Å². The molecule has 0 saturated carbocycles. The van der Waals surface area contributed by atoms with Gasteiger partial charge in [0.1, 0.15) is 11.5 Å². The number of ether oxygens (including phenoxy) is 2. The van der Waals surface area contributed by atoms with E-state index in [0.29, 0.717) is 12.4 Å². The zero-order valence-corrected chi connectivity index (χ0v) is 10.4. The predicted molar refractivity (Wildman–Crippen MR) is 68.9 cm³/mol. The fourth-order valence-electron chi connectivity index (χ4n) is 1.53. The van der Waals surface area contributed by atoms with E-state index in [1.165, 1.54) is 6.20 Å². The van der Waals surface area contributed by atoms with Crippen molar-refractivity contribution in [1.29, 1.82) is 0 Å². The molecule has 0 aliphatic carbocycles. The van der Waals surface area contributed by atoms with Gasteiger partial charge in [0.25, 0.3) is 0 Å². The zero-order valence-electron chi connectivity index (χ0n) is 10.4. The van der Waals surface area contributed by atoms with E-state index in [2.05, 4.69) is 4.98 Å². The molecule has 0 aliphatic heterocycles. The molecule has 5 heteroatoms. The Morgan fingerprint density at radius 1 is 1.21 bits per heavy atom. The van der Waals surface area contributed by atoms with Crippen molar-refractivity contribution in [3.8, 4) is 17.2 Å². The SMILES string of the molecule is CCOc1ccc(Oc2cccnc2C(=O)O)cc1. The molecule has 1 aromatic heterocycles. The molecule has 0 spiro atoms. The molecule has 0 radical (unpaired) electrons. The standard InChI is InChI=1S/C14H13NO4/c1-2-18-10-5-7-11(8-6-10)19-12-4-3-9-15-13(12)14(16)17/h3-9H,2H2,1H3,(H,16,17). The lowest BCUT2D eigenvalue weighted by Crippen LogP contribution is -2.02. The molecule has 98 valence electrons. The molecule has 0 saturated heterocycles. The molecule has 2 aromatic rings. The average molecular weight is 259 g/mol. The summed E-state index contributed by atoms with van der Waals surface area (Å²) < 4.78 is 10.8. The van der Waals surface area contributed by atoms with Crippen LogP contribution in [0.3, 0.4) is 0 Å². The van der Waals surface area contributed by atoms with Crippen molar-refractivity contribution in [2.75, 3.05) is 6.61 Å². The molecule has 5 nitrogen and oxygen atoms in total. The van der Waals surface area contributed by atoms with E-state index >= 15 is 0 Å². The fourth-order valence-corrected chi connectivity index (χ4v) is 1.53. The number of aromatic carboxylic acids is 1. The molecule has 19 heavy (non-hydrogen) atoms. The maximum Gasteiger partial charge on any atom is 0.358 e. The van der Waals surface area contributed by atoms with E-state index in [1.54, 1.807) is 36.4 Å². The summed E-state index contributed by atoms with van der Waals surface area (Å²) in [5.41, 5.74) is -0.114. The molecule has 1 heterocycles. The van der Waals surface area contributed by atoms with E-state index in [9.17, 15) is 4.79 Å². The van der Waals surface area contributed by atoms with Crippen LogP contribution in [0.1, 0.15) is 17.4 Å². The number of nitrogens with zero attached hydrogens (tertiary/aromatic N) is 1. The number of carboxylic acids is 1. The first-order valence-corrected chi connectivity index (χ1v) is 5.79. The van der Waals surface area contributed by atoms with Crippen molar-refractivity contribution in [2.45, 2.75) is 6.92 Å². The second-order valence-corrected chi connectivity index (χ2v) is 3.66. The van der Waals surface area contributed by atoms with E-state index in [-0.39, 0.29) is 11.4 Å². The average Bonchev–Trinajstić information content (AvgIpc) is 2.42. The lowest BCUT2D eigenvalue weighted by atomic mass is 10.3. The molecule has 1 N–H and O–H groups in total. The van der Waals surface area contributed by atoms with Gasteiger partial charge in [-0.25, -0.2) is 9.78 Å². The van der Waals surface area contributed by atoms with Crippen LogP contribution in [-0.2, 0) is 0 Å². The van der Waals surface area contributed by atoms with Gasteiger partial charge in [0.2, 0.25) is 0 Å². The molecule has 0 bridgehead atoms.